The maximum absolute atomic E-state index is 11.7. The molecule has 1 aliphatic carbocycles. The predicted octanol–water partition coefficient (Wildman–Crippen LogP) is 0.237. The second kappa shape index (κ2) is 5.29. The Labute approximate surface area is 100.0 Å². The molecule has 0 amide bonds. The summed E-state index contributed by atoms with van der Waals surface area (Å²) < 4.78 is 25.8. The van der Waals surface area contributed by atoms with Crippen LogP contribution in [-0.2, 0) is 14.8 Å². The molecule has 0 aromatic rings. The van der Waals surface area contributed by atoms with Crippen LogP contribution < -0.4 is 4.72 Å². The number of hydrogen-bond acceptors (Lipinski definition) is 4. The van der Waals surface area contributed by atoms with Crippen molar-refractivity contribution >= 4 is 16.0 Å². The number of nitrogens with zero attached hydrogens (tertiary/aromatic N) is 1. The third kappa shape index (κ3) is 3.28. The molecule has 0 spiro atoms. The molecule has 1 rings (SSSR count). The van der Waals surface area contributed by atoms with Gasteiger partial charge in [-0.1, -0.05) is 19.1 Å². The van der Waals surface area contributed by atoms with Gasteiger partial charge in [-0.25, -0.2) is 13.1 Å². The highest BCUT2D eigenvalue weighted by Crippen LogP contribution is 2.19. The van der Waals surface area contributed by atoms with Gasteiger partial charge in [0.2, 0.25) is 10.0 Å². The van der Waals surface area contributed by atoms with Crippen LogP contribution in [0.4, 0.5) is 0 Å². The Hall–Kier alpha value is -1.39. The van der Waals surface area contributed by atoms with Gasteiger partial charge < -0.3 is 5.11 Å². The Morgan fingerprint density at radius 2 is 2.29 bits per heavy atom. The minimum absolute atomic E-state index is 0.191. The van der Waals surface area contributed by atoms with E-state index >= 15 is 0 Å². The second-order valence-corrected chi connectivity index (χ2v) is 5.76. The van der Waals surface area contributed by atoms with Gasteiger partial charge in [0, 0.05) is 6.04 Å². The fourth-order valence-corrected chi connectivity index (χ4v) is 2.98. The summed E-state index contributed by atoms with van der Waals surface area (Å²) in [4.78, 5) is 10.7. The lowest BCUT2D eigenvalue weighted by atomic mass is 10.1. The highest BCUT2D eigenvalue weighted by Gasteiger charge is 2.30. The molecular weight excluding hydrogens is 244 g/mol. The van der Waals surface area contributed by atoms with Crippen LogP contribution in [0, 0.1) is 17.2 Å². The lowest BCUT2D eigenvalue weighted by Crippen LogP contribution is -2.39. The van der Waals surface area contributed by atoms with E-state index in [1.54, 1.807) is 13.0 Å². The van der Waals surface area contributed by atoms with Gasteiger partial charge in [0.25, 0.3) is 0 Å². The molecule has 0 fully saturated rings. The van der Waals surface area contributed by atoms with E-state index in [1.807, 2.05) is 0 Å². The molecule has 0 radical (unpaired) electrons. The summed E-state index contributed by atoms with van der Waals surface area (Å²) in [6.07, 6.45) is 3.37. The number of nitrogens with one attached hydrogen (secondary N) is 1. The van der Waals surface area contributed by atoms with Crippen molar-refractivity contribution in [3.8, 4) is 6.07 Å². The van der Waals surface area contributed by atoms with Gasteiger partial charge in [0.1, 0.15) is 0 Å². The first kappa shape index (κ1) is 13.7. The number of carboxylic acid groups (broad SMARTS) is 1. The topological polar surface area (TPSA) is 107 Å². The molecule has 3 atom stereocenters. The summed E-state index contributed by atoms with van der Waals surface area (Å²) in [5.74, 6) is -1.64. The van der Waals surface area contributed by atoms with Gasteiger partial charge in [-0.05, 0) is 12.8 Å². The first-order valence-corrected chi connectivity index (χ1v) is 6.77. The standard InChI is InChI=1S/C10H14N2O4S/c1-2-9(6-11)17(15,16)12-8-4-3-7(5-8)10(13)14/h3-4,7-9,12H,2,5H2,1H3,(H,13,14). The minimum Gasteiger partial charge on any atom is -0.481 e. The molecule has 0 saturated heterocycles. The van der Waals surface area contributed by atoms with Crippen molar-refractivity contribution in [1.29, 1.82) is 5.26 Å². The lowest BCUT2D eigenvalue weighted by molar-refractivity contribution is -0.140. The van der Waals surface area contributed by atoms with Crippen LogP contribution in [-0.4, -0.2) is 30.8 Å². The maximum Gasteiger partial charge on any atom is 0.310 e. The molecule has 6 nitrogen and oxygen atoms in total. The van der Waals surface area contributed by atoms with Gasteiger partial charge in [0.15, 0.2) is 5.25 Å². The number of carbonyl (C=O) groups is 1. The first-order valence-electron chi connectivity index (χ1n) is 5.22. The third-order valence-corrected chi connectivity index (χ3v) is 4.42. The van der Waals surface area contributed by atoms with Crippen molar-refractivity contribution < 1.29 is 18.3 Å². The van der Waals surface area contributed by atoms with Crippen molar-refractivity contribution in [3.63, 3.8) is 0 Å². The van der Waals surface area contributed by atoms with Crippen molar-refractivity contribution in [2.24, 2.45) is 5.92 Å². The van der Waals surface area contributed by atoms with E-state index in [0.717, 1.165) is 0 Å². The molecule has 0 saturated carbocycles. The largest absolute Gasteiger partial charge is 0.481 e. The number of nitriles is 1. The van der Waals surface area contributed by atoms with Crippen LogP contribution in [0.2, 0.25) is 0 Å². The molecule has 0 aromatic carbocycles. The van der Waals surface area contributed by atoms with E-state index < -0.39 is 33.2 Å². The van der Waals surface area contributed by atoms with E-state index in [-0.39, 0.29) is 12.8 Å². The second-order valence-electron chi connectivity index (χ2n) is 3.86. The number of hydrogen-bond donors (Lipinski definition) is 2. The zero-order chi connectivity index (χ0) is 13.1. The van der Waals surface area contributed by atoms with Gasteiger partial charge in [-0.15, -0.1) is 0 Å². The zero-order valence-electron chi connectivity index (χ0n) is 9.33. The van der Waals surface area contributed by atoms with Gasteiger partial charge in [0.05, 0.1) is 12.0 Å². The fourth-order valence-electron chi connectivity index (χ4n) is 1.64. The SMILES string of the molecule is CCC(C#N)S(=O)(=O)NC1C=CC(C(=O)O)C1. The Balaban J connectivity index is 2.67. The van der Waals surface area contributed by atoms with E-state index in [4.69, 9.17) is 10.4 Å². The van der Waals surface area contributed by atoms with Crippen LogP contribution in [0.5, 0.6) is 0 Å². The molecule has 7 heteroatoms. The summed E-state index contributed by atoms with van der Waals surface area (Å²) in [7, 11) is -3.71. The van der Waals surface area contributed by atoms with Gasteiger partial charge in [-0.3, -0.25) is 4.79 Å². The lowest BCUT2D eigenvalue weighted by Gasteiger charge is -2.14. The monoisotopic (exact) mass is 258 g/mol. The van der Waals surface area contributed by atoms with Crippen molar-refractivity contribution in [2.45, 2.75) is 31.1 Å². The summed E-state index contributed by atoms with van der Waals surface area (Å²) in [6.45, 7) is 1.61. The van der Waals surface area contributed by atoms with Crippen LogP contribution in [0.15, 0.2) is 12.2 Å². The molecule has 0 aliphatic heterocycles. The summed E-state index contributed by atoms with van der Waals surface area (Å²) in [5.41, 5.74) is 0. The van der Waals surface area contributed by atoms with E-state index in [0.29, 0.717) is 0 Å². The summed E-state index contributed by atoms with van der Waals surface area (Å²) in [5, 5.41) is 16.3. The van der Waals surface area contributed by atoms with E-state index in [2.05, 4.69) is 4.72 Å². The summed E-state index contributed by atoms with van der Waals surface area (Å²) >= 11 is 0. The fraction of sp³-hybridized carbons (Fsp3) is 0.600. The Morgan fingerprint density at radius 1 is 1.65 bits per heavy atom. The van der Waals surface area contributed by atoms with Crippen molar-refractivity contribution in [1.82, 2.24) is 4.72 Å². The quantitative estimate of drug-likeness (QED) is 0.687. The van der Waals surface area contributed by atoms with E-state index in [9.17, 15) is 13.2 Å². The van der Waals surface area contributed by atoms with Crippen LogP contribution in [0.25, 0.3) is 0 Å². The zero-order valence-corrected chi connectivity index (χ0v) is 10.1. The highest BCUT2D eigenvalue weighted by atomic mass is 32.2. The van der Waals surface area contributed by atoms with Crippen LogP contribution in [0.1, 0.15) is 19.8 Å². The Bertz CT molecular complexity index is 463. The molecule has 0 bridgehead atoms. The molecule has 3 unspecified atom stereocenters. The number of sulfonamides is 1. The Kier molecular flexibility index (Phi) is 4.26. The first-order chi connectivity index (χ1) is 7.90. The average molecular weight is 258 g/mol. The number of aliphatic carboxylic acids is 1. The normalized spacial score (nSPS) is 25.4. The van der Waals surface area contributed by atoms with Gasteiger partial charge >= 0.3 is 5.97 Å². The average Bonchev–Trinajstić information content (AvgIpc) is 2.66. The predicted molar refractivity (Wildman–Crippen MR) is 60.4 cm³/mol. The third-order valence-electron chi connectivity index (χ3n) is 2.61. The molecule has 17 heavy (non-hydrogen) atoms. The Morgan fingerprint density at radius 3 is 2.71 bits per heavy atom. The van der Waals surface area contributed by atoms with Crippen LogP contribution >= 0.6 is 0 Å². The highest BCUT2D eigenvalue weighted by molar-refractivity contribution is 7.90. The number of rotatable bonds is 5. The van der Waals surface area contributed by atoms with Gasteiger partial charge in [-0.2, -0.15) is 5.26 Å². The molecule has 1 aliphatic rings. The molecule has 94 valence electrons. The van der Waals surface area contributed by atoms with Crippen LogP contribution in [0.3, 0.4) is 0 Å². The molecular formula is C10H14N2O4S. The molecule has 2 N–H and O–H groups in total. The van der Waals surface area contributed by atoms with Crippen molar-refractivity contribution in [3.05, 3.63) is 12.2 Å². The summed E-state index contributed by atoms with van der Waals surface area (Å²) in [6, 6.07) is 1.17. The van der Waals surface area contributed by atoms with Crippen molar-refractivity contribution in [2.75, 3.05) is 0 Å². The molecule has 0 aromatic heterocycles. The van der Waals surface area contributed by atoms with E-state index in [1.165, 1.54) is 12.2 Å². The minimum atomic E-state index is -3.71. The smallest absolute Gasteiger partial charge is 0.310 e. The number of carboxylic acids is 1. The maximum atomic E-state index is 11.7. The molecule has 0 heterocycles.